The van der Waals surface area contributed by atoms with Crippen LogP contribution >= 0.6 is 0 Å². The molecule has 22 heavy (non-hydrogen) atoms. The summed E-state index contributed by atoms with van der Waals surface area (Å²) < 4.78 is 5.54. The van der Waals surface area contributed by atoms with Gasteiger partial charge in [0.1, 0.15) is 11.9 Å². The molecule has 6 nitrogen and oxygen atoms in total. The maximum Gasteiger partial charge on any atom is 0.410 e. The van der Waals surface area contributed by atoms with Gasteiger partial charge in [0.05, 0.1) is 11.1 Å². The van der Waals surface area contributed by atoms with Crippen LogP contribution in [0.2, 0.25) is 0 Å². The number of ether oxygens (including phenoxy) is 1. The fourth-order valence-corrected chi connectivity index (χ4v) is 3.01. The molecule has 1 fully saturated rings. The number of amides is 1. The number of piperidine rings is 1. The highest BCUT2D eigenvalue weighted by Crippen LogP contribution is 2.42. The number of hydrogen-bond donors (Lipinski definition) is 1. The molecule has 2 heterocycles. The molecule has 0 bridgehead atoms. The van der Waals surface area contributed by atoms with Gasteiger partial charge in [-0.05, 0) is 47.5 Å². The number of nitrogens with two attached hydrogens (primary N) is 1. The van der Waals surface area contributed by atoms with Crippen molar-refractivity contribution in [2.24, 2.45) is 5.73 Å². The highest BCUT2D eigenvalue weighted by Gasteiger charge is 2.52. The van der Waals surface area contributed by atoms with Crippen molar-refractivity contribution in [3.05, 3.63) is 24.3 Å². The Morgan fingerprint density at radius 1 is 1.32 bits per heavy atom. The maximum absolute atomic E-state index is 12.6. The van der Waals surface area contributed by atoms with E-state index in [0.717, 1.165) is 18.4 Å². The average Bonchev–Trinajstić information content (AvgIpc) is 2.40. The van der Waals surface area contributed by atoms with E-state index in [1.807, 2.05) is 34.6 Å². The van der Waals surface area contributed by atoms with Crippen LogP contribution in [0.5, 0.6) is 0 Å². The molecule has 2 N–H and O–H groups in total. The zero-order valence-corrected chi connectivity index (χ0v) is 14.1. The van der Waals surface area contributed by atoms with Crippen LogP contribution in [0.3, 0.4) is 0 Å². The molecule has 0 radical (unpaired) electrons. The predicted molar refractivity (Wildman–Crippen MR) is 84.2 cm³/mol. The lowest BCUT2D eigenvalue weighted by atomic mass is 9.69. The third-order valence-corrected chi connectivity index (χ3v) is 4.41. The summed E-state index contributed by atoms with van der Waals surface area (Å²) in [6.07, 6.45) is 6.19. The lowest BCUT2D eigenvalue weighted by molar-refractivity contribution is -0.0343. The summed E-state index contributed by atoms with van der Waals surface area (Å²) in [5.41, 5.74) is 5.73. The van der Waals surface area contributed by atoms with Gasteiger partial charge in [0.15, 0.2) is 0 Å². The Bertz CT molecular complexity index is 539. The van der Waals surface area contributed by atoms with Crippen molar-refractivity contribution in [1.82, 2.24) is 14.9 Å². The van der Waals surface area contributed by atoms with Crippen molar-refractivity contribution in [3.8, 4) is 0 Å². The van der Waals surface area contributed by atoms with Crippen LogP contribution < -0.4 is 5.73 Å². The highest BCUT2D eigenvalue weighted by molar-refractivity contribution is 5.70. The van der Waals surface area contributed by atoms with Gasteiger partial charge < -0.3 is 15.4 Å². The van der Waals surface area contributed by atoms with Crippen molar-refractivity contribution in [3.63, 3.8) is 0 Å². The van der Waals surface area contributed by atoms with Crippen molar-refractivity contribution < 1.29 is 9.53 Å². The van der Waals surface area contributed by atoms with Gasteiger partial charge in [-0.1, -0.05) is 0 Å². The van der Waals surface area contributed by atoms with Crippen molar-refractivity contribution in [2.45, 2.75) is 64.1 Å². The SMILES string of the molecule is CC(C)(C)OC(=O)N1CCCC(N)(c2cncnc2)C1(C)C. The first-order chi connectivity index (χ1) is 10.1. The first kappa shape index (κ1) is 16.7. The first-order valence-corrected chi connectivity index (χ1v) is 7.63. The van der Waals surface area contributed by atoms with E-state index < -0.39 is 16.7 Å². The second-order valence-electron chi connectivity index (χ2n) is 7.39. The summed E-state index contributed by atoms with van der Waals surface area (Å²) in [6.45, 7) is 10.2. The van der Waals surface area contributed by atoms with Gasteiger partial charge >= 0.3 is 6.09 Å². The van der Waals surface area contributed by atoms with Crippen LogP contribution in [0.4, 0.5) is 4.79 Å². The molecule has 1 aliphatic rings. The van der Waals surface area contributed by atoms with Crippen molar-refractivity contribution in [1.29, 1.82) is 0 Å². The van der Waals surface area contributed by atoms with E-state index >= 15 is 0 Å². The minimum atomic E-state index is -0.705. The third kappa shape index (κ3) is 2.92. The van der Waals surface area contributed by atoms with Gasteiger partial charge in [0.2, 0.25) is 0 Å². The van der Waals surface area contributed by atoms with E-state index in [1.165, 1.54) is 6.33 Å². The van der Waals surface area contributed by atoms with Crippen LogP contribution in [0.25, 0.3) is 0 Å². The number of rotatable bonds is 1. The molecule has 0 spiro atoms. The van der Waals surface area contributed by atoms with E-state index in [2.05, 4.69) is 9.97 Å². The predicted octanol–water partition coefficient (Wildman–Crippen LogP) is 2.44. The summed E-state index contributed by atoms with van der Waals surface area (Å²) in [6, 6.07) is 0. The fourth-order valence-electron chi connectivity index (χ4n) is 3.01. The van der Waals surface area contributed by atoms with Gasteiger partial charge in [-0.15, -0.1) is 0 Å². The number of likely N-dealkylation sites (tertiary alicyclic amines) is 1. The second kappa shape index (κ2) is 5.50. The van der Waals surface area contributed by atoms with Gasteiger partial charge in [-0.3, -0.25) is 0 Å². The molecule has 1 aliphatic heterocycles. The molecule has 1 unspecified atom stereocenters. The van der Waals surface area contributed by atoms with E-state index in [-0.39, 0.29) is 6.09 Å². The van der Waals surface area contributed by atoms with Crippen LogP contribution in [-0.4, -0.2) is 38.6 Å². The molecule has 1 aromatic heterocycles. The molecule has 122 valence electrons. The molecule has 1 amide bonds. The first-order valence-electron chi connectivity index (χ1n) is 7.63. The number of carbonyl (C=O) groups is 1. The molecule has 0 saturated carbocycles. The molecule has 2 rings (SSSR count). The summed E-state index contributed by atoms with van der Waals surface area (Å²) in [5.74, 6) is 0. The number of aromatic nitrogens is 2. The number of nitrogens with zero attached hydrogens (tertiary/aromatic N) is 3. The molecule has 0 aromatic carbocycles. The summed E-state index contributed by atoms with van der Waals surface area (Å²) in [4.78, 5) is 22.4. The molecule has 6 heteroatoms. The van der Waals surface area contributed by atoms with Crippen molar-refractivity contribution >= 4 is 6.09 Å². The summed E-state index contributed by atoms with van der Waals surface area (Å²) in [5, 5.41) is 0. The van der Waals surface area contributed by atoms with Crippen LogP contribution in [0.1, 0.15) is 53.0 Å². The molecule has 1 aromatic rings. The molecule has 1 saturated heterocycles. The Kier molecular flexibility index (Phi) is 4.17. The Balaban J connectivity index is 2.34. The molecule has 1 atom stereocenters. The van der Waals surface area contributed by atoms with Gasteiger partial charge in [-0.25, -0.2) is 14.8 Å². The average molecular weight is 306 g/mol. The van der Waals surface area contributed by atoms with E-state index in [0.29, 0.717) is 6.54 Å². The summed E-state index contributed by atoms with van der Waals surface area (Å²) in [7, 11) is 0. The van der Waals surface area contributed by atoms with Crippen LogP contribution in [0, 0.1) is 0 Å². The van der Waals surface area contributed by atoms with E-state index in [9.17, 15) is 4.79 Å². The molecular weight excluding hydrogens is 280 g/mol. The lowest BCUT2D eigenvalue weighted by Crippen LogP contribution is -2.68. The second-order valence-corrected chi connectivity index (χ2v) is 7.39. The van der Waals surface area contributed by atoms with Crippen LogP contribution in [0.15, 0.2) is 18.7 Å². The highest BCUT2D eigenvalue weighted by atomic mass is 16.6. The van der Waals surface area contributed by atoms with E-state index in [4.69, 9.17) is 10.5 Å². The summed E-state index contributed by atoms with van der Waals surface area (Å²) >= 11 is 0. The fraction of sp³-hybridized carbons (Fsp3) is 0.688. The maximum atomic E-state index is 12.6. The normalized spacial score (nSPS) is 24.9. The Morgan fingerprint density at radius 3 is 2.45 bits per heavy atom. The third-order valence-electron chi connectivity index (χ3n) is 4.41. The minimum absolute atomic E-state index is 0.330. The quantitative estimate of drug-likeness (QED) is 0.862. The van der Waals surface area contributed by atoms with Gasteiger partial charge in [-0.2, -0.15) is 0 Å². The van der Waals surface area contributed by atoms with Crippen LogP contribution in [-0.2, 0) is 10.3 Å². The minimum Gasteiger partial charge on any atom is -0.444 e. The molecular formula is C16H26N4O2. The Morgan fingerprint density at radius 2 is 1.91 bits per heavy atom. The zero-order valence-electron chi connectivity index (χ0n) is 14.1. The van der Waals surface area contributed by atoms with E-state index in [1.54, 1.807) is 17.3 Å². The smallest absolute Gasteiger partial charge is 0.410 e. The largest absolute Gasteiger partial charge is 0.444 e. The number of carbonyl (C=O) groups excluding carboxylic acids is 1. The van der Waals surface area contributed by atoms with Gasteiger partial charge in [0, 0.05) is 24.5 Å². The van der Waals surface area contributed by atoms with Gasteiger partial charge in [0.25, 0.3) is 0 Å². The Labute approximate surface area is 132 Å². The topological polar surface area (TPSA) is 81.3 Å². The van der Waals surface area contributed by atoms with Crippen molar-refractivity contribution in [2.75, 3.05) is 6.54 Å². The zero-order chi connectivity index (χ0) is 16.6. The standard InChI is InChI=1S/C16H26N4O2/c1-14(2,3)22-13(21)20-8-6-7-16(17,15(20,4)5)12-9-18-11-19-10-12/h9-11H,6-8,17H2,1-5H3. The monoisotopic (exact) mass is 306 g/mol. The Hall–Kier alpha value is -1.69. The number of hydrogen-bond acceptors (Lipinski definition) is 5. The molecule has 0 aliphatic carbocycles. The lowest BCUT2D eigenvalue weighted by Gasteiger charge is -2.54.